The summed E-state index contributed by atoms with van der Waals surface area (Å²) in [6, 6.07) is 17.7. The van der Waals surface area contributed by atoms with Crippen molar-refractivity contribution in [3.8, 4) is 11.5 Å². The maximum Gasteiger partial charge on any atom is 0.293 e. The van der Waals surface area contributed by atoms with Crippen LogP contribution in [0.5, 0.6) is 11.5 Å². The van der Waals surface area contributed by atoms with Gasteiger partial charge in [-0.15, -0.1) is 0 Å². The molecule has 0 N–H and O–H groups in total. The number of thioether (sulfide) groups is 1. The quantitative estimate of drug-likeness (QED) is 0.379. The highest BCUT2D eigenvalue weighted by Gasteiger charge is 2.34. The van der Waals surface area contributed by atoms with Crippen LogP contribution >= 0.6 is 23.4 Å². The van der Waals surface area contributed by atoms with Gasteiger partial charge in [-0.2, -0.15) is 0 Å². The minimum Gasteiger partial charge on any atom is -0.493 e. The van der Waals surface area contributed by atoms with Gasteiger partial charge >= 0.3 is 0 Å². The number of carbonyl (C=O) groups excluding carboxylic acids is 2. The maximum atomic E-state index is 12.6. The molecule has 2 amide bonds. The Morgan fingerprint density at radius 3 is 2.58 bits per heavy atom. The number of nitrogens with zero attached hydrogens (tertiary/aromatic N) is 1. The van der Waals surface area contributed by atoms with Gasteiger partial charge in [0, 0.05) is 7.11 Å². The van der Waals surface area contributed by atoms with Crippen LogP contribution in [0.3, 0.4) is 0 Å². The molecule has 1 aliphatic heterocycles. The smallest absolute Gasteiger partial charge is 0.293 e. The molecule has 0 bridgehead atoms. The maximum absolute atomic E-state index is 12.6. The molecule has 8 heteroatoms. The summed E-state index contributed by atoms with van der Waals surface area (Å²) in [5, 5.41) is 2.32. The van der Waals surface area contributed by atoms with Crippen molar-refractivity contribution < 1.29 is 23.8 Å². The number of hydrogen-bond acceptors (Lipinski definition) is 6. The van der Waals surface area contributed by atoms with Crippen molar-refractivity contribution >= 4 is 51.4 Å². The number of carbonyl (C=O) groups is 2. The van der Waals surface area contributed by atoms with Crippen molar-refractivity contribution in [3.05, 3.63) is 75.7 Å². The highest BCUT2D eigenvalue weighted by molar-refractivity contribution is 8.18. The number of fused-ring (bicyclic) bond motifs is 1. The van der Waals surface area contributed by atoms with Crippen molar-refractivity contribution in [3.63, 3.8) is 0 Å². The van der Waals surface area contributed by atoms with E-state index in [9.17, 15) is 9.59 Å². The highest BCUT2D eigenvalue weighted by atomic mass is 35.5. The Labute approximate surface area is 201 Å². The average Bonchev–Trinajstić information content (AvgIpc) is 3.08. The van der Waals surface area contributed by atoms with E-state index in [1.807, 2.05) is 18.2 Å². The Balaban J connectivity index is 1.53. The van der Waals surface area contributed by atoms with E-state index in [2.05, 4.69) is 24.3 Å². The number of rotatable bonds is 8. The van der Waals surface area contributed by atoms with Crippen LogP contribution in [0.15, 0.2) is 59.5 Å². The monoisotopic (exact) mass is 483 g/mol. The van der Waals surface area contributed by atoms with Gasteiger partial charge in [-0.3, -0.25) is 14.5 Å². The summed E-state index contributed by atoms with van der Waals surface area (Å²) in [5.41, 5.74) is 1.63. The normalized spacial score (nSPS) is 15.0. The molecule has 0 radical (unpaired) electrons. The molecule has 33 heavy (non-hydrogen) atoms. The third kappa shape index (κ3) is 5.16. The number of methoxy groups -OCH3 is 2. The van der Waals surface area contributed by atoms with E-state index in [1.54, 1.807) is 18.2 Å². The summed E-state index contributed by atoms with van der Waals surface area (Å²) < 4.78 is 16.4. The van der Waals surface area contributed by atoms with Crippen LogP contribution in [0.1, 0.15) is 11.1 Å². The molecule has 170 valence electrons. The molecule has 0 aliphatic carbocycles. The van der Waals surface area contributed by atoms with Gasteiger partial charge in [-0.05, 0) is 57.9 Å². The van der Waals surface area contributed by atoms with Gasteiger partial charge in [0.1, 0.15) is 6.61 Å². The zero-order valence-electron chi connectivity index (χ0n) is 18.2. The van der Waals surface area contributed by atoms with Crippen LogP contribution in [0.4, 0.5) is 4.79 Å². The van der Waals surface area contributed by atoms with Gasteiger partial charge in [0.25, 0.3) is 11.1 Å². The van der Waals surface area contributed by atoms with E-state index in [0.717, 1.165) is 28.1 Å². The lowest BCUT2D eigenvalue weighted by molar-refractivity contribution is -0.123. The van der Waals surface area contributed by atoms with E-state index >= 15 is 0 Å². The van der Waals surface area contributed by atoms with Crippen molar-refractivity contribution in [1.29, 1.82) is 0 Å². The third-order valence-corrected chi connectivity index (χ3v) is 6.33. The lowest BCUT2D eigenvalue weighted by atomic mass is 10.1. The summed E-state index contributed by atoms with van der Waals surface area (Å²) in [5.74, 6) is 0.500. The van der Waals surface area contributed by atoms with Crippen LogP contribution in [0.2, 0.25) is 5.02 Å². The van der Waals surface area contributed by atoms with Crippen LogP contribution < -0.4 is 9.47 Å². The van der Waals surface area contributed by atoms with Gasteiger partial charge < -0.3 is 14.2 Å². The first-order valence-electron chi connectivity index (χ1n) is 10.2. The fourth-order valence-corrected chi connectivity index (χ4v) is 4.61. The molecule has 6 nitrogen and oxygen atoms in total. The fourth-order valence-electron chi connectivity index (χ4n) is 3.47. The molecule has 0 atom stereocenters. The molecule has 1 saturated heterocycles. The SMILES string of the molecule is COCCN1C(=O)S/C(=C/c2cc(Cl)c(OCc3ccc4ccccc4c3)c(OC)c2)C1=O. The molecule has 4 rings (SSSR count). The standard InChI is InChI=1S/C25H22ClNO5S/c1-30-10-9-27-24(28)22(33-25(27)29)14-17-12-20(26)23(21(13-17)31-2)32-15-16-7-8-18-5-3-4-6-19(18)11-16/h3-8,11-14H,9-10,15H2,1-2H3/b22-14+. The van der Waals surface area contributed by atoms with Crippen LogP contribution in [0, 0.1) is 0 Å². The first-order chi connectivity index (χ1) is 16.0. The summed E-state index contributed by atoms with van der Waals surface area (Å²) in [4.78, 5) is 26.2. The first kappa shape index (κ1) is 23.2. The average molecular weight is 484 g/mol. The van der Waals surface area contributed by atoms with E-state index in [4.69, 9.17) is 25.8 Å². The molecule has 0 aromatic heterocycles. The molecule has 0 saturated carbocycles. The predicted molar refractivity (Wildman–Crippen MR) is 131 cm³/mol. The Bertz CT molecular complexity index is 1240. The van der Waals surface area contributed by atoms with Crippen molar-refractivity contribution in [2.75, 3.05) is 27.4 Å². The van der Waals surface area contributed by atoms with E-state index in [0.29, 0.717) is 33.6 Å². The molecular weight excluding hydrogens is 462 g/mol. The summed E-state index contributed by atoms with van der Waals surface area (Å²) in [6.45, 7) is 0.816. The number of halogens is 1. The minimum absolute atomic E-state index is 0.212. The van der Waals surface area contributed by atoms with Crippen molar-refractivity contribution in [2.24, 2.45) is 0 Å². The number of amides is 2. The lowest BCUT2D eigenvalue weighted by Crippen LogP contribution is -2.31. The third-order valence-electron chi connectivity index (χ3n) is 5.14. The number of hydrogen-bond donors (Lipinski definition) is 0. The van der Waals surface area contributed by atoms with Gasteiger partial charge in [0.05, 0.1) is 30.2 Å². The lowest BCUT2D eigenvalue weighted by Gasteiger charge is -2.14. The van der Waals surface area contributed by atoms with Gasteiger partial charge in [0.15, 0.2) is 11.5 Å². The van der Waals surface area contributed by atoms with E-state index in [-0.39, 0.29) is 24.3 Å². The Hall–Kier alpha value is -3.00. The number of imide groups is 1. The molecule has 1 fully saturated rings. The van der Waals surface area contributed by atoms with Crippen LogP contribution in [0.25, 0.3) is 16.8 Å². The van der Waals surface area contributed by atoms with Gasteiger partial charge in [-0.1, -0.05) is 48.0 Å². The van der Waals surface area contributed by atoms with Gasteiger partial charge in [-0.25, -0.2) is 0 Å². The van der Waals surface area contributed by atoms with Crippen LogP contribution in [-0.2, 0) is 16.1 Å². The first-order valence-corrected chi connectivity index (χ1v) is 11.4. The zero-order valence-corrected chi connectivity index (χ0v) is 19.7. The second kappa shape index (κ2) is 10.3. The largest absolute Gasteiger partial charge is 0.493 e. The zero-order chi connectivity index (χ0) is 23.4. The second-order valence-corrected chi connectivity index (χ2v) is 8.73. The molecule has 3 aromatic rings. The molecule has 1 heterocycles. The highest BCUT2D eigenvalue weighted by Crippen LogP contribution is 2.39. The van der Waals surface area contributed by atoms with Gasteiger partial charge in [0.2, 0.25) is 0 Å². The molecule has 3 aromatic carbocycles. The van der Waals surface area contributed by atoms with Crippen LogP contribution in [-0.4, -0.2) is 43.4 Å². The van der Waals surface area contributed by atoms with Crippen molar-refractivity contribution in [2.45, 2.75) is 6.61 Å². The van der Waals surface area contributed by atoms with Crippen molar-refractivity contribution in [1.82, 2.24) is 4.90 Å². The Morgan fingerprint density at radius 2 is 1.82 bits per heavy atom. The Morgan fingerprint density at radius 1 is 1.03 bits per heavy atom. The summed E-state index contributed by atoms with van der Waals surface area (Å²) >= 11 is 7.39. The minimum atomic E-state index is -0.353. The number of ether oxygens (including phenoxy) is 3. The summed E-state index contributed by atoms with van der Waals surface area (Å²) in [6.07, 6.45) is 1.62. The predicted octanol–water partition coefficient (Wildman–Crippen LogP) is 5.76. The molecule has 1 aliphatic rings. The number of benzene rings is 3. The fraction of sp³-hybridized carbons (Fsp3) is 0.200. The molecule has 0 spiro atoms. The molecule has 0 unspecified atom stereocenters. The molecular formula is C25H22ClNO5S. The van der Waals surface area contributed by atoms with E-state index in [1.165, 1.54) is 19.1 Å². The van der Waals surface area contributed by atoms with E-state index < -0.39 is 0 Å². The topological polar surface area (TPSA) is 65.1 Å². The Kier molecular flexibility index (Phi) is 7.23. The summed E-state index contributed by atoms with van der Waals surface area (Å²) in [7, 11) is 3.05. The second-order valence-electron chi connectivity index (χ2n) is 7.33.